The van der Waals surface area contributed by atoms with Crippen LogP contribution in [-0.4, -0.2) is 26.2 Å². The van der Waals surface area contributed by atoms with Gasteiger partial charge in [0, 0.05) is 32.4 Å². The second kappa shape index (κ2) is 4.16. The zero-order valence-electron chi connectivity index (χ0n) is 8.92. The number of aryl methyl sites for hydroxylation is 2. The molecule has 15 heavy (non-hydrogen) atoms. The van der Waals surface area contributed by atoms with Crippen LogP contribution >= 0.6 is 0 Å². The molecule has 0 unspecified atom stereocenters. The Labute approximate surface area is 88.3 Å². The van der Waals surface area contributed by atoms with Gasteiger partial charge in [-0.1, -0.05) is 0 Å². The predicted octanol–water partition coefficient (Wildman–Crippen LogP) is 0.775. The van der Waals surface area contributed by atoms with Gasteiger partial charge in [0.25, 0.3) is 0 Å². The van der Waals surface area contributed by atoms with Crippen LogP contribution < -0.4 is 4.74 Å². The first-order valence-corrected chi connectivity index (χ1v) is 4.84. The molecule has 0 saturated carbocycles. The van der Waals surface area contributed by atoms with E-state index >= 15 is 0 Å². The van der Waals surface area contributed by atoms with Gasteiger partial charge in [-0.15, -0.1) is 0 Å². The van der Waals surface area contributed by atoms with Gasteiger partial charge in [0.15, 0.2) is 5.75 Å². The van der Waals surface area contributed by atoms with Crippen LogP contribution in [0.5, 0.6) is 5.75 Å². The summed E-state index contributed by atoms with van der Waals surface area (Å²) in [5, 5.41) is 8.11. The number of rotatable bonds is 4. The lowest BCUT2D eigenvalue weighted by Gasteiger charge is -2.03. The Kier molecular flexibility index (Phi) is 2.71. The summed E-state index contributed by atoms with van der Waals surface area (Å²) in [7, 11) is 3.80. The Bertz CT molecular complexity index is 432. The van der Waals surface area contributed by atoms with Gasteiger partial charge in [-0.2, -0.15) is 10.2 Å². The zero-order valence-corrected chi connectivity index (χ0v) is 8.92. The molecule has 0 amide bonds. The lowest BCUT2D eigenvalue weighted by molar-refractivity contribution is 0.318. The Balaban J connectivity index is 1.83. The molecule has 2 aromatic heterocycles. The summed E-state index contributed by atoms with van der Waals surface area (Å²) < 4.78 is 9.11. The van der Waals surface area contributed by atoms with E-state index < -0.39 is 0 Å². The van der Waals surface area contributed by atoms with E-state index in [9.17, 15) is 0 Å². The van der Waals surface area contributed by atoms with Crippen LogP contribution in [0.15, 0.2) is 24.7 Å². The summed E-state index contributed by atoms with van der Waals surface area (Å²) in [6.07, 6.45) is 6.21. The Hall–Kier alpha value is -1.78. The molecular weight excluding hydrogens is 192 g/mol. The predicted molar refractivity (Wildman–Crippen MR) is 55.6 cm³/mol. The van der Waals surface area contributed by atoms with Crippen molar-refractivity contribution in [2.45, 2.75) is 6.42 Å². The summed E-state index contributed by atoms with van der Waals surface area (Å²) in [4.78, 5) is 0. The first-order chi connectivity index (χ1) is 7.25. The van der Waals surface area contributed by atoms with Crippen molar-refractivity contribution in [1.29, 1.82) is 0 Å². The van der Waals surface area contributed by atoms with E-state index in [0.29, 0.717) is 6.61 Å². The fourth-order valence-electron chi connectivity index (χ4n) is 1.39. The van der Waals surface area contributed by atoms with E-state index in [1.54, 1.807) is 17.1 Å². The summed E-state index contributed by atoms with van der Waals surface area (Å²) >= 11 is 0. The van der Waals surface area contributed by atoms with E-state index in [1.165, 1.54) is 5.69 Å². The third-order valence-corrected chi connectivity index (χ3v) is 2.23. The van der Waals surface area contributed by atoms with E-state index in [-0.39, 0.29) is 0 Å². The second-order valence-electron chi connectivity index (χ2n) is 3.39. The first kappa shape index (κ1) is 9.76. The van der Waals surface area contributed by atoms with Gasteiger partial charge in [-0.25, -0.2) is 0 Å². The van der Waals surface area contributed by atoms with Crippen molar-refractivity contribution in [3.05, 3.63) is 30.4 Å². The molecule has 2 rings (SSSR count). The van der Waals surface area contributed by atoms with Crippen molar-refractivity contribution in [1.82, 2.24) is 19.6 Å². The molecule has 0 aliphatic rings. The zero-order chi connectivity index (χ0) is 10.7. The largest absolute Gasteiger partial charge is 0.490 e. The molecule has 0 aliphatic heterocycles. The van der Waals surface area contributed by atoms with Gasteiger partial charge in [0.2, 0.25) is 0 Å². The topological polar surface area (TPSA) is 44.9 Å². The maximum Gasteiger partial charge on any atom is 0.157 e. The lowest BCUT2D eigenvalue weighted by atomic mass is 10.3. The van der Waals surface area contributed by atoms with E-state index in [1.807, 2.05) is 31.0 Å². The molecule has 0 spiro atoms. The molecule has 2 heterocycles. The maximum atomic E-state index is 5.53. The Morgan fingerprint density at radius 1 is 1.33 bits per heavy atom. The first-order valence-electron chi connectivity index (χ1n) is 4.84. The highest BCUT2D eigenvalue weighted by Crippen LogP contribution is 2.07. The van der Waals surface area contributed by atoms with E-state index in [0.717, 1.165) is 12.2 Å². The van der Waals surface area contributed by atoms with E-state index in [2.05, 4.69) is 10.2 Å². The van der Waals surface area contributed by atoms with Crippen molar-refractivity contribution in [2.75, 3.05) is 6.61 Å². The normalized spacial score (nSPS) is 10.5. The lowest BCUT2D eigenvalue weighted by Crippen LogP contribution is -2.05. The van der Waals surface area contributed by atoms with Gasteiger partial charge in [-0.3, -0.25) is 9.36 Å². The van der Waals surface area contributed by atoms with Crippen molar-refractivity contribution in [2.24, 2.45) is 14.1 Å². The molecule has 0 fully saturated rings. The fraction of sp³-hybridized carbons (Fsp3) is 0.400. The van der Waals surface area contributed by atoms with Crippen LogP contribution in [0.25, 0.3) is 0 Å². The minimum atomic E-state index is 0.644. The van der Waals surface area contributed by atoms with Crippen LogP contribution in [-0.2, 0) is 20.5 Å². The maximum absolute atomic E-state index is 5.53. The van der Waals surface area contributed by atoms with Crippen LogP contribution in [0.2, 0.25) is 0 Å². The Morgan fingerprint density at radius 3 is 2.80 bits per heavy atom. The highest BCUT2D eigenvalue weighted by Gasteiger charge is 2.00. The highest BCUT2D eigenvalue weighted by molar-refractivity contribution is 5.11. The van der Waals surface area contributed by atoms with Crippen LogP contribution in [0.1, 0.15) is 5.69 Å². The van der Waals surface area contributed by atoms with Crippen LogP contribution in [0.4, 0.5) is 0 Å². The summed E-state index contributed by atoms with van der Waals surface area (Å²) in [5.41, 5.74) is 1.17. The van der Waals surface area contributed by atoms with Crippen LogP contribution in [0, 0.1) is 0 Å². The standard InChI is InChI=1S/C10H14N4O/c1-13-8-10(7-12-13)15-6-4-9-3-5-11-14(9)2/h3,5,7-8H,4,6H2,1-2H3. The quantitative estimate of drug-likeness (QED) is 0.742. The van der Waals surface area contributed by atoms with Crippen molar-refractivity contribution >= 4 is 0 Å². The SMILES string of the molecule is Cn1cc(OCCc2ccnn2C)cn1. The highest BCUT2D eigenvalue weighted by atomic mass is 16.5. The molecule has 0 atom stereocenters. The Morgan fingerprint density at radius 2 is 2.20 bits per heavy atom. The molecule has 5 heteroatoms. The molecule has 0 radical (unpaired) electrons. The number of ether oxygens (including phenoxy) is 1. The molecule has 2 aromatic rings. The number of aromatic nitrogens is 4. The van der Waals surface area contributed by atoms with Gasteiger partial charge >= 0.3 is 0 Å². The molecule has 5 nitrogen and oxygen atoms in total. The van der Waals surface area contributed by atoms with Gasteiger partial charge in [-0.05, 0) is 6.07 Å². The fourth-order valence-corrected chi connectivity index (χ4v) is 1.39. The summed E-state index contributed by atoms with van der Waals surface area (Å²) in [5.74, 6) is 0.805. The second-order valence-corrected chi connectivity index (χ2v) is 3.39. The monoisotopic (exact) mass is 206 g/mol. The molecule has 0 saturated heterocycles. The van der Waals surface area contributed by atoms with E-state index in [4.69, 9.17) is 4.74 Å². The average molecular weight is 206 g/mol. The van der Waals surface area contributed by atoms with Gasteiger partial charge in [0.05, 0.1) is 19.0 Å². The molecular formula is C10H14N4O. The van der Waals surface area contributed by atoms with Crippen molar-refractivity contribution < 1.29 is 4.74 Å². The van der Waals surface area contributed by atoms with Crippen molar-refractivity contribution in [3.63, 3.8) is 0 Å². The molecule has 0 aromatic carbocycles. The molecule has 0 N–H and O–H groups in total. The summed E-state index contributed by atoms with van der Waals surface area (Å²) in [6.45, 7) is 0.644. The van der Waals surface area contributed by atoms with Gasteiger partial charge in [0.1, 0.15) is 0 Å². The number of nitrogens with zero attached hydrogens (tertiary/aromatic N) is 4. The molecule has 0 bridgehead atoms. The van der Waals surface area contributed by atoms with Crippen molar-refractivity contribution in [3.8, 4) is 5.75 Å². The minimum Gasteiger partial charge on any atom is -0.490 e. The summed E-state index contributed by atoms with van der Waals surface area (Å²) in [6, 6.07) is 1.99. The van der Waals surface area contributed by atoms with Crippen LogP contribution in [0.3, 0.4) is 0 Å². The third-order valence-electron chi connectivity index (χ3n) is 2.23. The molecule has 0 aliphatic carbocycles. The number of hydrogen-bond donors (Lipinski definition) is 0. The molecule has 80 valence electrons. The smallest absolute Gasteiger partial charge is 0.157 e. The average Bonchev–Trinajstić information content (AvgIpc) is 2.77. The number of hydrogen-bond acceptors (Lipinski definition) is 3. The third kappa shape index (κ3) is 2.37. The minimum absolute atomic E-state index is 0.644. The van der Waals surface area contributed by atoms with Gasteiger partial charge < -0.3 is 4.74 Å².